The maximum Gasteiger partial charge on any atom is 0.261 e. The zero-order valence-corrected chi connectivity index (χ0v) is 19.4. The molecular formula is C24H29N3O5S. The summed E-state index contributed by atoms with van der Waals surface area (Å²) in [6, 6.07) is 12.9. The van der Waals surface area contributed by atoms with Gasteiger partial charge in [0.2, 0.25) is 5.91 Å². The summed E-state index contributed by atoms with van der Waals surface area (Å²) >= 11 is 0. The van der Waals surface area contributed by atoms with Crippen molar-refractivity contribution in [3.63, 3.8) is 0 Å². The quantitative estimate of drug-likeness (QED) is 0.616. The summed E-state index contributed by atoms with van der Waals surface area (Å²) in [4.78, 5) is 27.2. The molecule has 2 N–H and O–H groups in total. The number of hydrogen-bond donors (Lipinski definition) is 2. The summed E-state index contributed by atoms with van der Waals surface area (Å²) in [6.07, 6.45) is 3.54. The van der Waals surface area contributed by atoms with Crippen molar-refractivity contribution in [1.82, 2.24) is 10.2 Å². The van der Waals surface area contributed by atoms with Crippen LogP contribution in [0.3, 0.4) is 0 Å². The number of rotatable bonds is 8. The Hall–Kier alpha value is -3.07. The van der Waals surface area contributed by atoms with Gasteiger partial charge in [0.05, 0.1) is 17.4 Å². The van der Waals surface area contributed by atoms with Crippen LogP contribution < -0.4 is 14.8 Å². The molecule has 1 atom stereocenters. The Balaban J connectivity index is 1.44. The van der Waals surface area contributed by atoms with Crippen LogP contribution in [0.4, 0.5) is 5.69 Å². The standard InChI is InChI=1S/C24H29N3O5S/c1-2-32-21-12-10-20(11-13-21)26-33(30,31)22-7-3-5-17(15-22)24(29)27-14-4-6-18(16-27)23(28)25-19-8-9-19/h3,5,7,10-13,15,18-19,26H,2,4,6,8-9,14,16H2,1H3,(H,25,28). The molecule has 33 heavy (non-hydrogen) atoms. The summed E-state index contributed by atoms with van der Waals surface area (Å²) < 4.78 is 33.7. The average molecular weight is 472 g/mol. The number of carbonyl (C=O) groups is 2. The highest BCUT2D eigenvalue weighted by molar-refractivity contribution is 7.92. The SMILES string of the molecule is CCOc1ccc(NS(=O)(=O)c2cccc(C(=O)N3CCCC(C(=O)NC4CC4)C3)c2)cc1. The maximum atomic E-state index is 13.1. The van der Waals surface area contributed by atoms with E-state index in [2.05, 4.69) is 10.0 Å². The first-order valence-corrected chi connectivity index (χ1v) is 12.8. The van der Waals surface area contributed by atoms with Gasteiger partial charge in [-0.2, -0.15) is 0 Å². The molecule has 1 saturated heterocycles. The fraction of sp³-hybridized carbons (Fsp3) is 0.417. The van der Waals surface area contributed by atoms with E-state index in [1.54, 1.807) is 41.3 Å². The summed E-state index contributed by atoms with van der Waals surface area (Å²) in [5, 5.41) is 3.01. The molecule has 0 aromatic heterocycles. The molecule has 2 amide bonds. The first-order chi connectivity index (χ1) is 15.9. The average Bonchev–Trinajstić information content (AvgIpc) is 3.64. The minimum absolute atomic E-state index is 0.00210. The van der Waals surface area contributed by atoms with Crippen molar-refractivity contribution in [2.75, 3.05) is 24.4 Å². The van der Waals surface area contributed by atoms with E-state index < -0.39 is 10.0 Å². The highest BCUT2D eigenvalue weighted by Gasteiger charge is 2.32. The number of sulfonamides is 1. The lowest BCUT2D eigenvalue weighted by Gasteiger charge is -2.32. The first-order valence-electron chi connectivity index (χ1n) is 11.3. The molecule has 1 unspecified atom stereocenters. The van der Waals surface area contributed by atoms with E-state index >= 15 is 0 Å². The number of anilines is 1. The number of likely N-dealkylation sites (tertiary alicyclic amines) is 1. The van der Waals surface area contributed by atoms with Crippen LogP contribution in [0, 0.1) is 5.92 Å². The molecule has 4 rings (SSSR count). The lowest BCUT2D eigenvalue weighted by molar-refractivity contribution is -0.126. The van der Waals surface area contributed by atoms with Crippen molar-refractivity contribution in [2.45, 2.75) is 43.5 Å². The van der Waals surface area contributed by atoms with Crippen LogP contribution in [0.1, 0.15) is 43.0 Å². The van der Waals surface area contributed by atoms with E-state index in [1.165, 1.54) is 12.1 Å². The second kappa shape index (κ2) is 9.82. The number of benzene rings is 2. The Kier molecular flexibility index (Phi) is 6.88. The van der Waals surface area contributed by atoms with Crippen molar-refractivity contribution in [3.05, 3.63) is 54.1 Å². The molecule has 2 aromatic carbocycles. The molecule has 0 bridgehead atoms. The highest BCUT2D eigenvalue weighted by atomic mass is 32.2. The summed E-state index contributed by atoms with van der Waals surface area (Å²) in [5.41, 5.74) is 0.684. The minimum Gasteiger partial charge on any atom is -0.494 e. The molecule has 2 aliphatic rings. The maximum absolute atomic E-state index is 13.1. The Labute approximate surface area is 194 Å². The number of hydrogen-bond acceptors (Lipinski definition) is 5. The van der Waals surface area contributed by atoms with E-state index in [4.69, 9.17) is 4.74 Å². The summed E-state index contributed by atoms with van der Waals surface area (Å²) in [6.45, 7) is 3.29. The largest absolute Gasteiger partial charge is 0.494 e. The number of amides is 2. The van der Waals surface area contributed by atoms with E-state index in [0.29, 0.717) is 31.1 Å². The number of nitrogens with zero attached hydrogens (tertiary/aromatic N) is 1. The van der Waals surface area contributed by atoms with Crippen LogP contribution in [0.5, 0.6) is 5.75 Å². The van der Waals surface area contributed by atoms with Crippen molar-refractivity contribution in [3.8, 4) is 5.75 Å². The smallest absolute Gasteiger partial charge is 0.261 e. The summed E-state index contributed by atoms with van der Waals surface area (Å²) in [5.74, 6) is 0.165. The second-order valence-corrected chi connectivity index (χ2v) is 10.1. The third kappa shape index (κ3) is 5.84. The van der Waals surface area contributed by atoms with Gasteiger partial charge in [0.1, 0.15) is 5.75 Å². The van der Waals surface area contributed by atoms with Gasteiger partial charge in [0.15, 0.2) is 0 Å². The molecule has 0 spiro atoms. The van der Waals surface area contributed by atoms with Crippen LogP contribution in [0.25, 0.3) is 0 Å². The third-order valence-corrected chi connectivity index (χ3v) is 7.19. The van der Waals surface area contributed by atoms with E-state index in [-0.39, 0.29) is 34.2 Å². The number of piperidine rings is 1. The Morgan fingerprint density at radius 2 is 1.85 bits per heavy atom. The molecule has 2 fully saturated rings. The van der Waals surface area contributed by atoms with Gasteiger partial charge in [-0.15, -0.1) is 0 Å². The molecule has 176 valence electrons. The van der Waals surface area contributed by atoms with Gasteiger partial charge in [-0.3, -0.25) is 14.3 Å². The zero-order chi connectivity index (χ0) is 23.4. The Morgan fingerprint density at radius 1 is 1.09 bits per heavy atom. The second-order valence-electron chi connectivity index (χ2n) is 8.46. The minimum atomic E-state index is -3.88. The number of nitrogens with one attached hydrogen (secondary N) is 2. The molecule has 1 aliphatic carbocycles. The molecule has 8 nitrogen and oxygen atoms in total. The van der Waals surface area contributed by atoms with Gasteiger partial charge >= 0.3 is 0 Å². The van der Waals surface area contributed by atoms with Crippen LogP contribution in [-0.4, -0.2) is 50.9 Å². The van der Waals surface area contributed by atoms with Gasteiger partial charge in [0, 0.05) is 30.4 Å². The number of ether oxygens (including phenoxy) is 1. The van der Waals surface area contributed by atoms with E-state index in [1.807, 2.05) is 6.92 Å². The fourth-order valence-electron chi connectivity index (χ4n) is 3.90. The Bertz CT molecular complexity index is 1110. The van der Waals surface area contributed by atoms with Crippen LogP contribution >= 0.6 is 0 Å². The zero-order valence-electron chi connectivity index (χ0n) is 18.6. The van der Waals surface area contributed by atoms with Gasteiger partial charge in [-0.05, 0) is 75.1 Å². The molecule has 0 radical (unpaired) electrons. The Morgan fingerprint density at radius 3 is 2.55 bits per heavy atom. The van der Waals surface area contributed by atoms with Crippen LogP contribution in [0.15, 0.2) is 53.4 Å². The summed E-state index contributed by atoms with van der Waals surface area (Å²) in [7, 11) is -3.88. The van der Waals surface area contributed by atoms with E-state index in [9.17, 15) is 18.0 Å². The predicted molar refractivity (Wildman–Crippen MR) is 125 cm³/mol. The lowest BCUT2D eigenvalue weighted by Crippen LogP contribution is -2.45. The topological polar surface area (TPSA) is 105 Å². The van der Waals surface area contributed by atoms with Crippen LogP contribution in [0.2, 0.25) is 0 Å². The van der Waals surface area contributed by atoms with Gasteiger partial charge < -0.3 is 15.0 Å². The highest BCUT2D eigenvalue weighted by Crippen LogP contribution is 2.24. The number of carbonyl (C=O) groups excluding carboxylic acids is 2. The van der Waals surface area contributed by atoms with E-state index in [0.717, 1.165) is 25.7 Å². The fourth-order valence-corrected chi connectivity index (χ4v) is 5.01. The van der Waals surface area contributed by atoms with Crippen molar-refractivity contribution in [1.29, 1.82) is 0 Å². The van der Waals surface area contributed by atoms with Gasteiger partial charge in [-0.25, -0.2) is 8.42 Å². The van der Waals surface area contributed by atoms with Crippen molar-refractivity contribution >= 4 is 27.5 Å². The normalized spacial score (nSPS) is 18.5. The molecule has 1 saturated carbocycles. The molecule has 1 heterocycles. The van der Waals surface area contributed by atoms with Gasteiger partial charge in [0.25, 0.3) is 15.9 Å². The van der Waals surface area contributed by atoms with Crippen molar-refractivity contribution < 1.29 is 22.7 Å². The monoisotopic (exact) mass is 471 g/mol. The molecule has 1 aliphatic heterocycles. The predicted octanol–water partition coefficient (Wildman–Crippen LogP) is 3.02. The van der Waals surface area contributed by atoms with Crippen molar-refractivity contribution in [2.24, 2.45) is 5.92 Å². The first kappa shape index (κ1) is 23.1. The lowest BCUT2D eigenvalue weighted by atomic mass is 9.96. The molecule has 9 heteroatoms. The van der Waals surface area contributed by atoms with Crippen LogP contribution in [-0.2, 0) is 14.8 Å². The molecular weight excluding hydrogens is 442 g/mol. The molecule has 2 aromatic rings. The van der Waals surface area contributed by atoms with Gasteiger partial charge in [-0.1, -0.05) is 6.07 Å². The third-order valence-electron chi connectivity index (χ3n) is 5.81.